The summed E-state index contributed by atoms with van der Waals surface area (Å²) in [6.07, 6.45) is 2.32. The van der Waals surface area contributed by atoms with Crippen LogP contribution in [-0.2, 0) is 14.3 Å². The number of ether oxygens (including phenoxy) is 2. The summed E-state index contributed by atoms with van der Waals surface area (Å²) in [5.74, 6) is 0.304. The molecule has 0 heterocycles. The quantitative estimate of drug-likeness (QED) is 0.612. The van der Waals surface area contributed by atoms with Gasteiger partial charge in [0.15, 0.2) is 0 Å². The maximum atomic E-state index is 11.4. The fraction of sp³-hybridized carbons (Fsp3) is 0.917. The van der Waals surface area contributed by atoms with E-state index >= 15 is 0 Å². The van der Waals surface area contributed by atoms with Crippen LogP contribution in [-0.4, -0.2) is 38.9 Å². The number of nitrogens with one attached hydrogen (secondary N) is 1. The van der Waals surface area contributed by atoms with E-state index in [1.807, 2.05) is 0 Å². The Labute approximate surface area is 98.7 Å². The molecule has 0 rings (SSSR count). The molecule has 0 aromatic heterocycles. The van der Waals surface area contributed by atoms with Crippen LogP contribution >= 0.6 is 0 Å². The lowest BCUT2D eigenvalue weighted by atomic mass is 10.1. The average Bonchev–Trinajstić information content (AvgIpc) is 2.25. The second-order valence-electron chi connectivity index (χ2n) is 4.02. The molecule has 16 heavy (non-hydrogen) atoms. The Bertz CT molecular complexity index is 185. The Balaban J connectivity index is 3.74. The molecule has 0 aromatic carbocycles. The van der Waals surface area contributed by atoms with Gasteiger partial charge in [-0.2, -0.15) is 0 Å². The van der Waals surface area contributed by atoms with E-state index in [-0.39, 0.29) is 12.0 Å². The van der Waals surface area contributed by atoms with Gasteiger partial charge in [-0.05, 0) is 26.3 Å². The van der Waals surface area contributed by atoms with E-state index in [4.69, 9.17) is 9.47 Å². The predicted octanol–water partition coefficient (Wildman–Crippen LogP) is 1.59. The van der Waals surface area contributed by atoms with Crippen molar-refractivity contribution in [1.29, 1.82) is 0 Å². The first-order valence-electron chi connectivity index (χ1n) is 6.07. The molecular formula is C12H25NO3. The van der Waals surface area contributed by atoms with Gasteiger partial charge in [-0.15, -0.1) is 0 Å². The molecule has 0 amide bonds. The van der Waals surface area contributed by atoms with Crippen LogP contribution < -0.4 is 5.32 Å². The highest BCUT2D eigenvalue weighted by Gasteiger charge is 2.17. The minimum absolute atomic E-state index is 0.242. The van der Waals surface area contributed by atoms with Crippen molar-refractivity contribution in [3.8, 4) is 0 Å². The third-order valence-corrected chi connectivity index (χ3v) is 2.39. The lowest BCUT2D eigenvalue weighted by Crippen LogP contribution is -2.39. The standard InChI is InChI=1S/C12H25NO3/c1-5-7-10(3)8-15-9-11(13-4)12(14)16-6-2/h10-11,13H,5-9H2,1-4H3. The molecule has 0 aromatic rings. The van der Waals surface area contributed by atoms with Crippen LogP contribution in [0.2, 0.25) is 0 Å². The van der Waals surface area contributed by atoms with Crippen molar-refractivity contribution in [2.24, 2.45) is 5.92 Å². The summed E-state index contributed by atoms with van der Waals surface area (Å²) >= 11 is 0. The van der Waals surface area contributed by atoms with Gasteiger partial charge in [-0.25, -0.2) is 0 Å². The zero-order valence-electron chi connectivity index (χ0n) is 10.9. The SMILES string of the molecule is CCCC(C)COCC(NC)C(=O)OCC. The molecule has 0 fully saturated rings. The molecule has 0 saturated carbocycles. The molecule has 0 saturated heterocycles. The largest absolute Gasteiger partial charge is 0.465 e. The first-order valence-corrected chi connectivity index (χ1v) is 6.07. The van der Waals surface area contributed by atoms with Crippen molar-refractivity contribution in [2.45, 2.75) is 39.7 Å². The summed E-state index contributed by atoms with van der Waals surface area (Å²) < 4.78 is 10.4. The molecule has 2 unspecified atom stereocenters. The fourth-order valence-corrected chi connectivity index (χ4v) is 1.48. The van der Waals surface area contributed by atoms with Gasteiger partial charge in [0, 0.05) is 6.61 Å². The van der Waals surface area contributed by atoms with Crippen LogP contribution in [0.1, 0.15) is 33.6 Å². The monoisotopic (exact) mass is 231 g/mol. The van der Waals surface area contributed by atoms with E-state index < -0.39 is 0 Å². The zero-order chi connectivity index (χ0) is 12.4. The highest BCUT2D eigenvalue weighted by Crippen LogP contribution is 2.05. The number of carbonyl (C=O) groups excluding carboxylic acids is 1. The van der Waals surface area contributed by atoms with E-state index in [1.54, 1.807) is 14.0 Å². The van der Waals surface area contributed by atoms with Crippen molar-refractivity contribution < 1.29 is 14.3 Å². The van der Waals surface area contributed by atoms with Crippen molar-refractivity contribution in [2.75, 3.05) is 26.9 Å². The number of hydrogen-bond acceptors (Lipinski definition) is 4. The summed E-state index contributed by atoms with van der Waals surface area (Å²) in [6, 6.07) is -0.353. The molecule has 0 bridgehead atoms. The molecule has 0 spiro atoms. The van der Waals surface area contributed by atoms with Crippen molar-refractivity contribution in [3.63, 3.8) is 0 Å². The maximum Gasteiger partial charge on any atom is 0.325 e. The highest BCUT2D eigenvalue weighted by atomic mass is 16.5. The van der Waals surface area contributed by atoms with E-state index in [1.165, 1.54) is 0 Å². The molecule has 96 valence electrons. The van der Waals surface area contributed by atoms with Crippen LogP contribution in [0.3, 0.4) is 0 Å². The Hall–Kier alpha value is -0.610. The van der Waals surface area contributed by atoms with E-state index in [2.05, 4.69) is 19.2 Å². The predicted molar refractivity (Wildman–Crippen MR) is 64.4 cm³/mol. The molecular weight excluding hydrogens is 206 g/mol. The molecule has 0 aliphatic heterocycles. The summed E-state index contributed by atoms with van der Waals surface area (Å²) in [5, 5.41) is 2.89. The van der Waals surface area contributed by atoms with Crippen LogP contribution in [0.15, 0.2) is 0 Å². The number of carbonyl (C=O) groups is 1. The molecule has 2 atom stereocenters. The van der Waals surface area contributed by atoms with Gasteiger partial charge < -0.3 is 14.8 Å². The van der Waals surface area contributed by atoms with Gasteiger partial charge in [-0.1, -0.05) is 20.3 Å². The first kappa shape index (κ1) is 15.4. The lowest BCUT2D eigenvalue weighted by molar-refractivity contribution is -0.147. The van der Waals surface area contributed by atoms with E-state index in [9.17, 15) is 4.79 Å². The topological polar surface area (TPSA) is 47.6 Å². The fourth-order valence-electron chi connectivity index (χ4n) is 1.48. The third-order valence-electron chi connectivity index (χ3n) is 2.39. The maximum absolute atomic E-state index is 11.4. The summed E-state index contributed by atoms with van der Waals surface area (Å²) in [6.45, 7) is 7.60. The number of hydrogen-bond donors (Lipinski definition) is 1. The Morgan fingerprint density at radius 1 is 1.31 bits per heavy atom. The summed E-state index contributed by atoms with van der Waals surface area (Å²) in [7, 11) is 1.74. The van der Waals surface area contributed by atoms with E-state index in [0.29, 0.717) is 25.7 Å². The smallest absolute Gasteiger partial charge is 0.325 e. The number of rotatable bonds is 9. The zero-order valence-corrected chi connectivity index (χ0v) is 10.9. The van der Waals surface area contributed by atoms with Crippen molar-refractivity contribution >= 4 is 5.97 Å². The van der Waals surface area contributed by atoms with Crippen molar-refractivity contribution in [1.82, 2.24) is 5.32 Å². The van der Waals surface area contributed by atoms with Crippen LogP contribution in [0, 0.1) is 5.92 Å². The Morgan fingerprint density at radius 3 is 2.50 bits per heavy atom. The van der Waals surface area contributed by atoms with Gasteiger partial charge in [0.1, 0.15) is 6.04 Å². The van der Waals surface area contributed by atoms with Crippen LogP contribution in [0.4, 0.5) is 0 Å². The minimum Gasteiger partial charge on any atom is -0.465 e. The second kappa shape index (κ2) is 9.60. The first-order chi connectivity index (χ1) is 7.65. The molecule has 0 aliphatic carbocycles. The summed E-state index contributed by atoms with van der Waals surface area (Å²) in [4.78, 5) is 11.4. The lowest BCUT2D eigenvalue weighted by Gasteiger charge is -2.16. The molecule has 4 nitrogen and oxygen atoms in total. The Kier molecular flexibility index (Phi) is 9.24. The van der Waals surface area contributed by atoms with Gasteiger partial charge in [0.05, 0.1) is 13.2 Å². The molecule has 4 heteroatoms. The molecule has 1 N–H and O–H groups in total. The molecule has 0 radical (unpaired) electrons. The number of likely N-dealkylation sites (N-methyl/N-ethyl adjacent to an activating group) is 1. The van der Waals surface area contributed by atoms with Gasteiger partial charge in [-0.3, -0.25) is 4.79 Å². The van der Waals surface area contributed by atoms with E-state index in [0.717, 1.165) is 12.8 Å². The van der Waals surface area contributed by atoms with Gasteiger partial charge in [0.2, 0.25) is 0 Å². The number of esters is 1. The molecule has 0 aliphatic rings. The van der Waals surface area contributed by atoms with Crippen LogP contribution in [0.5, 0.6) is 0 Å². The highest BCUT2D eigenvalue weighted by molar-refractivity contribution is 5.75. The van der Waals surface area contributed by atoms with Crippen molar-refractivity contribution in [3.05, 3.63) is 0 Å². The second-order valence-corrected chi connectivity index (χ2v) is 4.02. The average molecular weight is 231 g/mol. The minimum atomic E-state index is -0.353. The third kappa shape index (κ3) is 6.80. The summed E-state index contributed by atoms with van der Waals surface area (Å²) in [5.41, 5.74) is 0. The van der Waals surface area contributed by atoms with Gasteiger partial charge in [0.25, 0.3) is 0 Å². The van der Waals surface area contributed by atoms with Crippen LogP contribution in [0.25, 0.3) is 0 Å². The Morgan fingerprint density at radius 2 is 2.00 bits per heavy atom. The normalized spacial score (nSPS) is 14.5. The van der Waals surface area contributed by atoms with Gasteiger partial charge >= 0.3 is 5.97 Å².